The Kier molecular flexibility index (Phi) is 4.10. The molecule has 0 aliphatic heterocycles. The van der Waals surface area contributed by atoms with Gasteiger partial charge in [0.05, 0.1) is 28.5 Å². The van der Waals surface area contributed by atoms with Crippen molar-refractivity contribution in [2.24, 2.45) is 0 Å². The molecule has 0 aliphatic carbocycles. The predicted molar refractivity (Wildman–Crippen MR) is 88.6 cm³/mol. The minimum Gasteiger partial charge on any atom is -0.478 e. The van der Waals surface area contributed by atoms with E-state index in [0.717, 1.165) is 29.9 Å². The molecule has 11 heteroatoms. The quantitative estimate of drug-likeness (QED) is 0.609. The molecule has 0 fully saturated rings. The van der Waals surface area contributed by atoms with Gasteiger partial charge in [0, 0.05) is 0 Å². The van der Waals surface area contributed by atoms with Crippen LogP contribution in [0.4, 0.5) is 5.69 Å². The van der Waals surface area contributed by atoms with E-state index in [1.165, 1.54) is 12.1 Å². The Balaban J connectivity index is 2.08. The van der Waals surface area contributed by atoms with Crippen molar-refractivity contribution in [2.75, 3.05) is 4.72 Å². The van der Waals surface area contributed by atoms with Crippen LogP contribution in [0.5, 0.6) is 0 Å². The lowest BCUT2D eigenvalue weighted by Crippen LogP contribution is -2.15. The molecule has 0 radical (unpaired) electrons. The van der Waals surface area contributed by atoms with Gasteiger partial charge >= 0.3 is 11.9 Å². The topological polar surface area (TPSA) is 147 Å². The van der Waals surface area contributed by atoms with Crippen molar-refractivity contribution in [1.82, 2.24) is 8.75 Å². The summed E-state index contributed by atoms with van der Waals surface area (Å²) >= 11 is 0.855. The van der Waals surface area contributed by atoms with E-state index < -0.39 is 22.0 Å². The molecule has 9 nitrogen and oxygen atoms in total. The Morgan fingerprint density at radius 1 is 1.00 bits per heavy atom. The van der Waals surface area contributed by atoms with Crippen molar-refractivity contribution in [1.29, 1.82) is 0 Å². The first-order valence-electron chi connectivity index (χ1n) is 6.64. The number of nitrogens with zero attached hydrogens (tertiary/aromatic N) is 2. The molecule has 0 aliphatic rings. The number of carboxylic acid groups (broad SMARTS) is 2. The maximum Gasteiger partial charge on any atom is 0.335 e. The Bertz CT molecular complexity index is 1070. The number of carboxylic acids is 2. The molecule has 0 spiro atoms. The third kappa shape index (κ3) is 3.27. The first kappa shape index (κ1) is 16.8. The van der Waals surface area contributed by atoms with E-state index in [9.17, 15) is 18.0 Å². The van der Waals surface area contributed by atoms with Crippen LogP contribution in [0.3, 0.4) is 0 Å². The predicted octanol–water partition coefficient (Wildman–Crippen LogP) is 1.89. The molecular formula is C14H9N3O6S2. The number of aromatic carboxylic acids is 2. The van der Waals surface area contributed by atoms with Gasteiger partial charge < -0.3 is 10.2 Å². The van der Waals surface area contributed by atoms with Crippen LogP contribution in [0.25, 0.3) is 11.0 Å². The van der Waals surface area contributed by atoms with E-state index in [4.69, 9.17) is 10.2 Å². The zero-order valence-electron chi connectivity index (χ0n) is 12.2. The van der Waals surface area contributed by atoms with Crippen molar-refractivity contribution in [3.63, 3.8) is 0 Å². The van der Waals surface area contributed by atoms with Crippen molar-refractivity contribution in [2.45, 2.75) is 4.90 Å². The highest BCUT2D eigenvalue weighted by Gasteiger charge is 2.21. The van der Waals surface area contributed by atoms with Gasteiger partial charge in [0.25, 0.3) is 10.0 Å². The van der Waals surface area contributed by atoms with E-state index in [-0.39, 0.29) is 27.2 Å². The minimum absolute atomic E-state index is 0.142. The molecule has 3 aromatic rings. The molecule has 0 unspecified atom stereocenters. The molecule has 0 atom stereocenters. The second-order valence-electron chi connectivity index (χ2n) is 4.90. The normalized spacial score (nSPS) is 11.4. The number of carbonyl (C=O) groups is 2. The molecular weight excluding hydrogens is 370 g/mol. The maximum absolute atomic E-state index is 12.6. The summed E-state index contributed by atoms with van der Waals surface area (Å²) in [5, 5.41) is 18.1. The van der Waals surface area contributed by atoms with Crippen LogP contribution in [0, 0.1) is 0 Å². The molecule has 25 heavy (non-hydrogen) atoms. The highest BCUT2D eigenvalue weighted by atomic mass is 32.2. The smallest absolute Gasteiger partial charge is 0.335 e. The van der Waals surface area contributed by atoms with Gasteiger partial charge in [-0.25, -0.2) is 18.0 Å². The molecule has 0 saturated heterocycles. The third-order valence-corrected chi connectivity index (χ3v) is 5.17. The molecule has 1 aromatic heterocycles. The Labute approximate surface area is 144 Å². The molecule has 1 heterocycles. The average Bonchev–Trinajstić information content (AvgIpc) is 3.02. The summed E-state index contributed by atoms with van der Waals surface area (Å²) < 4.78 is 35.3. The maximum atomic E-state index is 12.6. The summed E-state index contributed by atoms with van der Waals surface area (Å²) in [6.45, 7) is 0. The summed E-state index contributed by atoms with van der Waals surface area (Å²) in [5.74, 6) is -2.76. The molecule has 2 aromatic carbocycles. The number of sulfonamides is 1. The minimum atomic E-state index is -4.13. The lowest BCUT2D eigenvalue weighted by Gasteiger charge is -2.10. The number of hydrogen-bond donors (Lipinski definition) is 3. The van der Waals surface area contributed by atoms with E-state index in [1.807, 2.05) is 0 Å². The average molecular weight is 379 g/mol. The molecule has 3 rings (SSSR count). The number of anilines is 1. The lowest BCUT2D eigenvalue weighted by atomic mass is 10.1. The summed E-state index contributed by atoms with van der Waals surface area (Å²) in [6.07, 6.45) is 0. The summed E-state index contributed by atoms with van der Waals surface area (Å²) in [7, 11) is -4.13. The van der Waals surface area contributed by atoms with Crippen LogP contribution in [-0.4, -0.2) is 39.3 Å². The Hall–Kier alpha value is -3.05. The van der Waals surface area contributed by atoms with Crippen LogP contribution < -0.4 is 4.72 Å². The van der Waals surface area contributed by atoms with Gasteiger partial charge in [-0.3, -0.25) is 4.72 Å². The Morgan fingerprint density at radius 3 is 2.24 bits per heavy atom. The molecule has 0 saturated carbocycles. The van der Waals surface area contributed by atoms with E-state index in [2.05, 4.69) is 13.5 Å². The highest BCUT2D eigenvalue weighted by Crippen LogP contribution is 2.24. The van der Waals surface area contributed by atoms with Crippen molar-refractivity contribution < 1.29 is 28.2 Å². The monoisotopic (exact) mass is 379 g/mol. The zero-order chi connectivity index (χ0) is 18.2. The number of fused-ring (bicyclic) bond motifs is 1. The van der Waals surface area contributed by atoms with Gasteiger partial charge in [-0.15, -0.1) is 0 Å². The molecule has 0 amide bonds. The fourth-order valence-electron chi connectivity index (χ4n) is 2.14. The van der Waals surface area contributed by atoms with Gasteiger partial charge in [0.15, 0.2) is 0 Å². The van der Waals surface area contributed by atoms with Crippen LogP contribution in [0.1, 0.15) is 20.7 Å². The van der Waals surface area contributed by atoms with E-state index >= 15 is 0 Å². The van der Waals surface area contributed by atoms with E-state index in [1.54, 1.807) is 6.07 Å². The van der Waals surface area contributed by atoms with Crippen molar-refractivity contribution >= 4 is 50.4 Å². The molecule has 3 N–H and O–H groups in total. The second kappa shape index (κ2) is 6.11. The zero-order valence-corrected chi connectivity index (χ0v) is 13.8. The number of nitrogens with one attached hydrogen (secondary N) is 1. The number of benzene rings is 2. The summed E-state index contributed by atoms with van der Waals surface area (Å²) in [5.41, 5.74) is -0.319. The van der Waals surface area contributed by atoms with Gasteiger partial charge in [0.1, 0.15) is 15.9 Å². The van der Waals surface area contributed by atoms with Gasteiger partial charge in [-0.2, -0.15) is 8.75 Å². The van der Waals surface area contributed by atoms with E-state index in [0.29, 0.717) is 5.52 Å². The van der Waals surface area contributed by atoms with Crippen molar-refractivity contribution in [3.8, 4) is 0 Å². The number of hydrogen-bond acceptors (Lipinski definition) is 7. The first-order chi connectivity index (χ1) is 11.8. The highest BCUT2D eigenvalue weighted by molar-refractivity contribution is 7.93. The second-order valence-corrected chi connectivity index (χ2v) is 7.08. The fourth-order valence-corrected chi connectivity index (χ4v) is 3.95. The standard InChI is InChI=1S/C14H9N3O6S2/c18-13(19)7-4-8(14(20)21)6-9(5-7)17-25(22,23)11-3-1-2-10-12(11)16-24-15-10/h1-6,17H,(H,18,19)(H,20,21). The number of rotatable bonds is 5. The van der Waals surface area contributed by atoms with Crippen LogP contribution >= 0.6 is 11.7 Å². The van der Waals surface area contributed by atoms with Gasteiger partial charge in [-0.05, 0) is 30.3 Å². The summed E-state index contributed by atoms with van der Waals surface area (Å²) in [6, 6.07) is 7.43. The SMILES string of the molecule is O=C(O)c1cc(NS(=O)(=O)c2cccc3nsnc23)cc(C(=O)O)c1. The number of aromatic nitrogens is 2. The van der Waals surface area contributed by atoms with Crippen molar-refractivity contribution in [3.05, 3.63) is 47.5 Å². The van der Waals surface area contributed by atoms with Gasteiger partial charge in [0.2, 0.25) is 0 Å². The Morgan fingerprint density at radius 2 is 1.64 bits per heavy atom. The van der Waals surface area contributed by atoms with Gasteiger partial charge in [-0.1, -0.05) is 6.07 Å². The molecule has 0 bridgehead atoms. The lowest BCUT2D eigenvalue weighted by molar-refractivity contribution is 0.0696. The van der Waals surface area contributed by atoms with Crippen LogP contribution in [0.15, 0.2) is 41.3 Å². The molecule has 128 valence electrons. The van der Waals surface area contributed by atoms with Crippen LogP contribution in [0.2, 0.25) is 0 Å². The fraction of sp³-hybridized carbons (Fsp3) is 0. The third-order valence-electron chi connectivity index (χ3n) is 3.22. The largest absolute Gasteiger partial charge is 0.478 e. The first-order valence-corrected chi connectivity index (χ1v) is 8.85. The van der Waals surface area contributed by atoms with Crippen LogP contribution in [-0.2, 0) is 10.0 Å². The summed E-state index contributed by atoms with van der Waals surface area (Å²) in [4.78, 5) is 22.1.